The number of thiophene rings is 1. The first-order valence-corrected chi connectivity index (χ1v) is 9.31. The molecule has 1 N–H and O–H groups in total. The van der Waals surface area contributed by atoms with E-state index in [1.165, 1.54) is 65.5 Å². The zero-order valence-electron chi connectivity index (χ0n) is 13.0. The van der Waals surface area contributed by atoms with Gasteiger partial charge in [-0.1, -0.05) is 24.3 Å². The van der Waals surface area contributed by atoms with Crippen molar-refractivity contribution in [3.8, 4) is 0 Å². The Labute approximate surface area is 139 Å². The van der Waals surface area contributed by atoms with Crippen LogP contribution in [0.15, 0.2) is 30.6 Å². The summed E-state index contributed by atoms with van der Waals surface area (Å²) in [7, 11) is 0. The van der Waals surface area contributed by atoms with Gasteiger partial charge in [-0.3, -0.25) is 0 Å². The van der Waals surface area contributed by atoms with E-state index in [0.29, 0.717) is 6.04 Å². The van der Waals surface area contributed by atoms with E-state index in [1.54, 1.807) is 6.33 Å². The highest BCUT2D eigenvalue weighted by Crippen LogP contribution is 2.41. The van der Waals surface area contributed by atoms with Crippen LogP contribution in [0.2, 0.25) is 0 Å². The summed E-state index contributed by atoms with van der Waals surface area (Å²) in [6.07, 6.45) is 8.99. The Bertz CT molecular complexity index is 883. The number of benzene rings is 1. The molecule has 3 aromatic rings. The summed E-state index contributed by atoms with van der Waals surface area (Å²) >= 11 is 1.86. The van der Waals surface area contributed by atoms with Gasteiger partial charge in [0.25, 0.3) is 0 Å². The quantitative estimate of drug-likeness (QED) is 0.745. The number of fused-ring (bicyclic) bond motifs is 4. The number of anilines is 1. The molecule has 3 nitrogen and oxygen atoms in total. The molecule has 0 aliphatic heterocycles. The van der Waals surface area contributed by atoms with Gasteiger partial charge in [0.1, 0.15) is 17.0 Å². The number of nitrogens with one attached hydrogen (secondary N) is 1. The zero-order valence-corrected chi connectivity index (χ0v) is 13.8. The van der Waals surface area contributed by atoms with E-state index < -0.39 is 0 Å². The largest absolute Gasteiger partial charge is 0.363 e. The predicted molar refractivity (Wildman–Crippen MR) is 95.2 cm³/mol. The molecular formula is C19H19N3S. The molecule has 2 aliphatic rings. The van der Waals surface area contributed by atoms with Crippen LogP contribution in [0.3, 0.4) is 0 Å². The van der Waals surface area contributed by atoms with E-state index >= 15 is 0 Å². The first-order chi connectivity index (χ1) is 11.4. The molecule has 5 rings (SSSR count). The topological polar surface area (TPSA) is 37.8 Å². The third-order valence-electron chi connectivity index (χ3n) is 5.18. The predicted octanol–water partition coefficient (Wildman–Crippen LogP) is 4.67. The SMILES string of the molecule is c1ccc2c(c1)CCCC2Nc1ncnc2sc3c(c12)CCC3. The molecule has 1 atom stereocenters. The van der Waals surface area contributed by atoms with Gasteiger partial charge in [-0.25, -0.2) is 9.97 Å². The van der Waals surface area contributed by atoms with Crippen molar-refractivity contribution < 1.29 is 0 Å². The third kappa shape index (κ3) is 2.16. The minimum Gasteiger partial charge on any atom is -0.363 e. The number of hydrogen-bond acceptors (Lipinski definition) is 4. The number of aromatic nitrogens is 2. The van der Waals surface area contributed by atoms with Crippen molar-refractivity contribution in [3.63, 3.8) is 0 Å². The van der Waals surface area contributed by atoms with Crippen LogP contribution in [-0.4, -0.2) is 9.97 Å². The van der Waals surface area contributed by atoms with E-state index in [9.17, 15) is 0 Å². The summed E-state index contributed by atoms with van der Waals surface area (Å²) in [4.78, 5) is 11.8. The summed E-state index contributed by atoms with van der Waals surface area (Å²) in [5.41, 5.74) is 4.42. The van der Waals surface area contributed by atoms with E-state index in [4.69, 9.17) is 0 Å². The molecule has 2 aromatic heterocycles. The highest BCUT2D eigenvalue weighted by molar-refractivity contribution is 7.19. The molecule has 0 bridgehead atoms. The van der Waals surface area contributed by atoms with Gasteiger partial charge in [0.05, 0.1) is 11.4 Å². The van der Waals surface area contributed by atoms with Gasteiger partial charge in [-0.2, -0.15) is 0 Å². The summed E-state index contributed by atoms with van der Waals surface area (Å²) in [5.74, 6) is 1.04. The molecule has 4 heteroatoms. The second-order valence-corrected chi connectivity index (χ2v) is 7.63. The summed E-state index contributed by atoms with van der Waals surface area (Å²) in [6.45, 7) is 0. The van der Waals surface area contributed by atoms with Gasteiger partial charge >= 0.3 is 0 Å². The van der Waals surface area contributed by atoms with Gasteiger partial charge < -0.3 is 5.32 Å². The van der Waals surface area contributed by atoms with E-state index in [0.717, 1.165) is 10.6 Å². The van der Waals surface area contributed by atoms with Crippen LogP contribution in [0, 0.1) is 0 Å². The molecule has 0 spiro atoms. The summed E-state index contributed by atoms with van der Waals surface area (Å²) in [5, 5.41) is 5.04. The van der Waals surface area contributed by atoms with Crippen molar-refractivity contribution in [3.05, 3.63) is 52.2 Å². The normalized spacial score (nSPS) is 19.6. The average molecular weight is 321 g/mol. The molecule has 0 fully saturated rings. The molecule has 2 aliphatic carbocycles. The maximum atomic E-state index is 4.61. The van der Waals surface area contributed by atoms with Crippen LogP contribution in [0.25, 0.3) is 10.2 Å². The Morgan fingerprint density at radius 2 is 2.00 bits per heavy atom. The Hall–Kier alpha value is -1.94. The van der Waals surface area contributed by atoms with Crippen LogP contribution >= 0.6 is 11.3 Å². The Morgan fingerprint density at radius 3 is 3.00 bits per heavy atom. The molecule has 1 aromatic carbocycles. The number of hydrogen-bond donors (Lipinski definition) is 1. The maximum Gasteiger partial charge on any atom is 0.138 e. The molecule has 23 heavy (non-hydrogen) atoms. The molecule has 116 valence electrons. The van der Waals surface area contributed by atoms with Crippen molar-refractivity contribution in [1.29, 1.82) is 0 Å². The lowest BCUT2D eigenvalue weighted by atomic mass is 9.87. The highest BCUT2D eigenvalue weighted by atomic mass is 32.1. The molecule has 0 radical (unpaired) electrons. The monoisotopic (exact) mass is 321 g/mol. The van der Waals surface area contributed by atoms with Crippen molar-refractivity contribution in [2.75, 3.05) is 5.32 Å². The van der Waals surface area contributed by atoms with Gasteiger partial charge in [-0.15, -0.1) is 11.3 Å². The summed E-state index contributed by atoms with van der Waals surface area (Å²) in [6, 6.07) is 9.20. The van der Waals surface area contributed by atoms with Gasteiger partial charge in [0.2, 0.25) is 0 Å². The van der Waals surface area contributed by atoms with E-state index in [2.05, 4.69) is 39.6 Å². The van der Waals surface area contributed by atoms with Crippen LogP contribution < -0.4 is 5.32 Å². The molecule has 0 saturated carbocycles. The van der Waals surface area contributed by atoms with Crippen molar-refractivity contribution in [2.45, 2.75) is 44.6 Å². The molecule has 2 heterocycles. The lowest BCUT2D eigenvalue weighted by Gasteiger charge is -2.27. The fourth-order valence-corrected chi connectivity index (χ4v) is 5.34. The molecular weight excluding hydrogens is 302 g/mol. The zero-order chi connectivity index (χ0) is 15.2. The highest BCUT2D eigenvalue weighted by Gasteiger charge is 2.24. The standard InChI is InChI=1S/C19H19N3S/c1-2-7-13-12(5-1)6-3-9-15(13)22-18-17-14-8-4-10-16(14)23-19(17)21-11-20-18/h1-2,5,7,11,15H,3-4,6,8-10H2,(H,20,21,22). The van der Waals surface area contributed by atoms with Gasteiger partial charge in [0, 0.05) is 4.88 Å². The lowest BCUT2D eigenvalue weighted by molar-refractivity contribution is 0.599. The van der Waals surface area contributed by atoms with E-state index in [-0.39, 0.29) is 0 Å². The average Bonchev–Trinajstić information content (AvgIpc) is 3.16. The second kappa shape index (κ2) is 5.31. The van der Waals surface area contributed by atoms with Crippen LogP contribution in [0.5, 0.6) is 0 Å². The second-order valence-electron chi connectivity index (χ2n) is 6.55. The lowest BCUT2D eigenvalue weighted by Crippen LogP contribution is -2.18. The van der Waals surface area contributed by atoms with Crippen LogP contribution in [0.1, 0.15) is 46.9 Å². The third-order valence-corrected chi connectivity index (χ3v) is 6.38. The fourth-order valence-electron chi connectivity index (χ4n) is 4.11. The minimum atomic E-state index is 0.370. The fraction of sp³-hybridized carbons (Fsp3) is 0.368. The van der Waals surface area contributed by atoms with Crippen LogP contribution in [-0.2, 0) is 19.3 Å². The maximum absolute atomic E-state index is 4.61. The van der Waals surface area contributed by atoms with Crippen molar-refractivity contribution in [1.82, 2.24) is 9.97 Å². The molecule has 0 saturated heterocycles. The Kier molecular flexibility index (Phi) is 3.11. The number of rotatable bonds is 2. The molecule has 0 amide bonds. The first-order valence-electron chi connectivity index (χ1n) is 8.50. The minimum absolute atomic E-state index is 0.370. The van der Waals surface area contributed by atoms with Gasteiger partial charge in [0.15, 0.2) is 0 Å². The van der Waals surface area contributed by atoms with Crippen molar-refractivity contribution in [2.24, 2.45) is 0 Å². The number of nitrogens with zero attached hydrogens (tertiary/aromatic N) is 2. The van der Waals surface area contributed by atoms with E-state index in [1.807, 2.05) is 11.3 Å². The Morgan fingerprint density at radius 1 is 1.04 bits per heavy atom. The molecule has 1 unspecified atom stereocenters. The smallest absolute Gasteiger partial charge is 0.138 e. The van der Waals surface area contributed by atoms with Crippen LogP contribution in [0.4, 0.5) is 5.82 Å². The Balaban J connectivity index is 1.58. The van der Waals surface area contributed by atoms with Gasteiger partial charge in [-0.05, 0) is 55.2 Å². The first kappa shape index (κ1) is 13.5. The summed E-state index contributed by atoms with van der Waals surface area (Å²) < 4.78 is 0. The van der Waals surface area contributed by atoms with Crippen molar-refractivity contribution >= 4 is 27.4 Å². The number of aryl methyl sites for hydroxylation is 3.